The second-order valence-electron chi connectivity index (χ2n) is 7.83. The molecule has 5 nitrogen and oxygen atoms in total. The van der Waals surface area contributed by atoms with Crippen LogP contribution in [-0.2, 0) is 18.3 Å². The molecule has 2 aromatic rings. The standard InChI is InChI=1S/C20H23IN4O/c21-13-5-6-15-17(11-13)22-12-20(15)7-9-25(10-8-20)19-23-16-4-2-1-3-14(16)18(26)24-19/h5-6,11,22H,1-4,7-10,12H2,(H,23,24,26). The summed E-state index contributed by atoms with van der Waals surface area (Å²) in [6.07, 6.45) is 6.26. The number of fused-ring (bicyclic) bond motifs is 3. The van der Waals surface area contributed by atoms with E-state index in [9.17, 15) is 4.79 Å². The van der Waals surface area contributed by atoms with E-state index in [2.05, 4.69) is 56.0 Å². The Bertz CT molecular complexity index is 915. The molecule has 3 aliphatic rings. The zero-order chi connectivity index (χ0) is 17.7. The third-order valence-electron chi connectivity index (χ3n) is 6.37. The minimum absolute atomic E-state index is 0.0763. The van der Waals surface area contributed by atoms with E-state index >= 15 is 0 Å². The maximum absolute atomic E-state index is 12.4. The Morgan fingerprint density at radius 2 is 1.96 bits per heavy atom. The summed E-state index contributed by atoms with van der Waals surface area (Å²) < 4.78 is 1.28. The quantitative estimate of drug-likeness (QED) is 0.640. The molecule has 1 aromatic carbocycles. The molecule has 3 heterocycles. The summed E-state index contributed by atoms with van der Waals surface area (Å²) >= 11 is 2.37. The molecule has 1 aliphatic carbocycles. The highest BCUT2D eigenvalue weighted by Crippen LogP contribution is 2.44. The van der Waals surface area contributed by atoms with Gasteiger partial charge in [0.2, 0.25) is 5.95 Å². The molecule has 0 atom stereocenters. The van der Waals surface area contributed by atoms with Gasteiger partial charge in [-0.05, 0) is 78.8 Å². The number of hydrogen-bond acceptors (Lipinski definition) is 4. The van der Waals surface area contributed by atoms with Crippen molar-refractivity contribution in [1.82, 2.24) is 9.97 Å². The van der Waals surface area contributed by atoms with Gasteiger partial charge >= 0.3 is 0 Å². The van der Waals surface area contributed by atoms with Crippen molar-refractivity contribution in [2.24, 2.45) is 0 Å². The number of aromatic amines is 1. The zero-order valence-electron chi connectivity index (χ0n) is 14.8. The summed E-state index contributed by atoms with van der Waals surface area (Å²) in [5, 5.41) is 3.61. The monoisotopic (exact) mass is 462 g/mol. The van der Waals surface area contributed by atoms with E-state index in [4.69, 9.17) is 4.98 Å². The van der Waals surface area contributed by atoms with Crippen molar-refractivity contribution in [2.75, 3.05) is 29.9 Å². The first kappa shape index (κ1) is 16.6. The van der Waals surface area contributed by atoms with E-state index < -0.39 is 0 Å². The largest absolute Gasteiger partial charge is 0.384 e. The summed E-state index contributed by atoms with van der Waals surface area (Å²) in [6.45, 7) is 2.90. The Morgan fingerprint density at radius 1 is 1.15 bits per heavy atom. The smallest absolute Gasteiger partial charge is 0.255 e. The fourth-order valence-corrected chi connectivity index (χ4v) is 5.31. The van der Waals surface area contributed by atoms with Crippen molar-refractivity contribution < 1.29 is 0 Å². The van der Waals surface area contributed by atoms with Crippen molar-refractivity contribution >= 4 is 34.2 Å². The highest BCUT2D eigenvalue weighted by molar-refractivity contribution is 14.1. The van der Waals surface area contributed by atoms with Crippen LogP contribution in [0.2, 0.25) is 0 Å². The molecule has 0 amide bonds. The molecule has 1 saturated heterocycles. The van der Waals surface area contributed by atoms with Gasteiger partial charge in [-0.25, -0.2) is 4.98 Å². The Kier molecular flexibility index (Phi) is 3.99. The van der Waals surface area contributed by atoms with Crippen LogP contribution in [-0.4, -0.2) is 29.6 Å². The highest BCUT2D eigenvalue weighted by atomic mass is 127. The first-order chi connectivity index (χ1) is 12.6. The van der Waals surface area contributed by atoms with Crippen LogP contribution in [0.5, 0.6) is 0 Å². The Hall–Kier alpha value is -1.57. The van der Waals surface area contributed by atoms with Crippen LogP contribution >= 0.6 is 22.6 Å². The number of hydrogen-bond donors (Lipinski definition) is 2. The van der Waals surface area contributed by atoms with Crippen LogP contribution in [0.3, 0.4) is 0 Å². The summed E-state index contributed by atoms with van der Waals surface area (Å²) in [6, 6.07) is 6.76. The normalized spacial score (nSPS) is 20.6. The van der Waals surface area contributed by atoms with Crippen LogP contribution in [0.1, 0.15) is 42.5 Å². The number of benzene rings is 1. The van der Waals surface area contributed by atoms with Crippen molar-refractivity contribution in [3.05, 3.63) is 48.9 Å². The number of H-pyrrole nitrogens is 1. The van der Waals surface area contributed by atoms with E-state index in [0.29, 0.717) is 0 Å². The second kappa shape index (κ2) is 6.25. The van der Waals surface area contributed by atoms with Crippen LogP contribution in [0, 0.1) is 3.57 Å². The maximum atomic E-state index is 12.4. The summed E-state index contributed by atoms with van der Waals surface area (Å²) in [5.41, 5.74) is 5.00. The molecule has 5 rings (SSSR count). The first-order valence-electron chi connectivity index (χ1n) is 9.56. The van der Waals surface area contributed by atoms with Gasteiger partial charge in [0.1, 0.15) is 0 Å². The first-order valence-corrected chi connectivity index (χ1v) is 10.6. The van der Waals surface area contributed by atoms with Gasteiger partial charge in [0.05, 0.1) is 5.69 Å². The number of aromatic nitrogens is 2. The number of aryl methyl sites for hydroxylation is 1. The van der Waals surface area contributed by atoms with Crippen LogP contribution < -0.4 is 15.8 Å². The van der Waals surface area contributed by atoms with Crippen molar-refractivity contribution in [3.63, 3.8) is 0 Å². The fraction of sp³-hybridized carbons (Fsp3) is 0.500. The third-order valence-corrected chi connectivity index (χ3v) is 7.04. The Balaban J connectivity index is 1.39. The molecule has 1 fully saturated rings. The van der Waals surface area contributed by atoms with Crippen LogP contribution in [0.25, 0.3) is 0 Å². The van der Waals surface area contributed by atoms with Crippen molar-refractivity contribution in [2.45, 2.75) is 43.9 Å². The third kappa shape index (κ3) is 2.64. The van der Waals surface area contributed by atoms with Crippen LogP contribution in [0.4, 0.5) is 11.6 Å². The molecule has 0 saturated carbocycles. The topological polar surface area (TPSA) is 61.0 Å². The number of nitrogens with one attached hydrogen (secondary N) is 2. The van der Waals surface area contributed by atoms with Crippen molar-refractivity contribution in [1.29, 1.82) is 0 Å². The molecule has 2 aliphatic heterocycles. The maximum Gasteiger partial charge on any atom is 0.255 e. The molecule has 0 bridgehead atoms. The fourth-order valence-electron chi connectivity index (χ4n) is 4.82. The average Bonchev–Trinajstić information content (AvgIpc) is 3.00. The van der Waals surface area contributed by atoms with Crippen LogP contribution in [0.15, 0.2) is 23.0 Å². The number of anilines is 2. The van der Waals surface area contributed by atoms with E-state index in [1.54, 1.807) is 0 Å². The lowest BCUT2D eigenvalue weighted by Gasteiger charge is -2.39. The zero-order valence-corrected chi connectivity index (χ0v) is 16.9. The lowest BCUT2D eigenvalue weighted by molar-refractivity contribution is 0.359. The number of rotatable bonds is 1. The number of halogens is 1. The molecule has 26 heavy (non-hydrogen) atoms. The van der Waals surface area contributed by atoms with Gasteiger partial charge in [-0.3, -0.25) is 9.78 Å². The molecule has 136 valence electrons. The molecule has 6 heteroatoms. The van der Waals surface area contributed by atoms with Gasteiger partial charge in [-0.2, -0.15) is 0 Å². The number of nitrogens with zero attached hydrogens (tertiary/aromatic N) is 2. The van der Waals surface area contributed by atoms with E-state index in [1.807, 2.05) is 0 Å². The molecule has 2 N–H and O–H groups in total. The predicted molar refractivity (Wildman–Crippen MR) is 112 cm³/mol. The lowest BCUT2D eigenvalue weighted by Crippen LogP contribution is -2.45. The van der Waals surface area contributed by atoms with Gasteiger partial charge in [0.25, 0.3) is 5.56 Å². The van der Waals surface area contributed by atoms with Gasteiger partial charge in [0.15, 0.2) is 0 Å². The lowest BCUT2D eigenvalue weighted by atomic mass is 9.74. The number of piperidine rings is 1. The molecule has 1 spiro atoms. The summed E-state index contributed by atoms with van der Waals surface area (Å²) in [4.78, 5) is 22.6. The average molecular weight is 462 g/mol. The molecular weight excluding hydrogens is 439 g/mol. The Morgan fingerprint density at radius 3 is 2.81 bits per heavy atom. The van der Waals surface area contributed by atoms with Gasteiger partial charge in [-0.1, -0.05) is 6.07 Å². The second-order valence-corrected chi connectivity index (χ2v) is 9.08. The Labute approximate surface area is 166 Å². The predicted octanol–water partition coefficient (Wildman–Crippen LogP) is 3.22. The van der Waals surface area contributed by atoms with Gasteiger partial charge < -0.3 is 10.2 Å². The molecule has 0 unspecified atom stereocenters. The SMILES string of the molecule is O=c1[nH]c(N2CCC3(CC2)CNc2cc(I)ccc23)nc2c1CCCC2. The molecule has 1 aromatic heterocycles. The van der Waals surface area contributed by atoms with E-state index in [1.165, 1.54) is 14.8 Å². The van der Waals surface area contributed by atoms with Crippen molar-refractivity contribution in [3.8, 4) is 0 Å². The van der Waals surface area contributed by atoms with E-state index in [-0.39, 0.29) is 11.0 Å². The highest BCUT2D eigenvalue weighted by Gasteiger charge is 2.41. The molecular formula is C20H23IN4O. The summed E-state index contributed by atoms with van der Waals surface area (Å²) in [7, 11) is 0. The van der Waals surface area contributed by atoms with E-state index in [0.717, 1.165) is 75.4 Å². The minimum Gasteiger partial charge on any atom is -0.384 e. The molecule has 0 radical (unpaired) electrons. The van der Waals surface area contributed by atoms with Gasteiger partial charge in [0, 0.05) is 39.9 Å². The summed E-state index contributed by atoms with van der Waals surface area (Å²) in [5.74, 6) is 0.777. The van der Waals surface area contributed by atoms with Gasteiger partial charge in [-0.15, -0.1) is 0 Å². The minimum atomic E-state index is 0.0763.